The number of carbonyl (C=O) groups is 3. The SMILES string of the molecule is CCCCCCCC/C=C/CCCCCCCC(=O)O[C@H](COC(=O)CCCCCCCCCCCCCC)COP(=O)(O)OC[C@H](N)C(=O)O. The molecule has 0 fully saturated rings. The zero-order chi connectivity index (χ0) is 37.8. The van der Waals surface area contributed by atoms with Crippen LogP contribution in [0.3, 0.4) is 0 Å². The summed E-state index contributed by atoms with van der Waals surface area (Å²) in [5.74, 6) is -2.38. The lowest BCUT2D eigenvalue weighted by Crippen LogP contribution is -2.34. The van der Waals surface area contributed by atoms with E-state index in [-0.39, 0.29) is 19.4 Å². The standard InChI is InChI=1S/C39H74NO10P/c1-3-5-7-9-11-13-15-17-18-19-21-23-25-27-29-31-38(42)50-35(33-48-51(45,46)49-34-36(40)39(43)44)32-47-37(41)30-28-26-24-22-20-16-14-12-10-8-6-4-2/h17-18,35-36H,3-16,19-34,40H2,1-2H3,(H,43,44)(H,45,46)/b18-17+/t35-,36+/m1/s1. The number of unbranched alkanes of at least 4 members (excludes halogenated alkanes) is 22. The molecule has 0 aliphatic heterocycles. The number of carboxylic acids is 1. The molecule has 0 rings (SSSR count). The smallest absolute Gasteiger partial charge is 0.472 e. The molecule has 0 amide bonds. The summed E-state index contributed by atoms with van der Waals surface area (Å²) in [7, 11) is -4.71. The predicted octanol–water partition coefficient (Wildman–Crippen LogP) is 10.1. The fourth-order valence-electron chi connectivity index (χ4n) is 5.53. The molecule has 0 aliphatic rings. The molecule has 51 heavy (non-hydrogen) atoms. The van der Waals surface area contributed by atoms with Crippen LogP contribution in [0.15, 0.2) is 12.2 Å². The topological polar surface area (TPSA) is 172 Å². The Morgan fingerprint density at radius 2 is 0.980 bits per heavy atom. The highest BCUT2D eigenvalue weighted by Crippen LogP contribution is 2.43. The molecule has 0 bridgehead atoms. The largest absolute Gasteiger partial charge is 0.480 e. The summed E-state index contributed by atoms with van der Waals surface area (Å²) in [5, 5.41) is 8.86. The van der Waals surface area contributed by atoms with Crippen LogP contribution in [-0.2, 0) is 37.5 Å². The zero-order valence-corrected chi connectivity index (χ0v) is 33.1. The highest BCUT2D eigenvalue weighted by atomic mass is 31.2. The van der Waals surface area contributed by atoms with Crippen molar-refractivity contribution in [1.29, 1.82) is 0 Å². The number of carbonyl (C=O) groups excluding carboxylic acids is 2. The number of rotatable bonds is 38. The number of ether oxygens (including phenoxy) is 2. The second-order valence-electron chi connectivity index (χ2n) is 13.8. The Hall–Kier alpha value is -1.78. The Morgan fingerprint density at radius 3 is 1.43 bits per heavy atom. The van der Waals surface area contributed by atoms with E-state index in [1.54, 1.807) is 0 Å². The summed E-state index contributed by atoms with van der Waals surface area (Å²) in [4.78, 5) is 45.8. The lowest BCUT2D eigenvalue weighted by molar-refractivity contribution is -0.161. The van der Waals surface area contributed by atoms with E-state index in [1.165, 1.54) is 89.9 Å². The lowest BCUT2D eigenvalue weighted by atomic mass is 10.0. The van der Waals surface area contributed by atoms with E-state index in [1.807, 2.05) is 0 Å². The molecule has 0 radical (unpaired) electrons. The van der Waals surface area contributed by atoms with Crippen molar-refractivity contribution in [3.63, 3.8) is 0 Å². The fourth-order valence-corrected chi connectivity index (χ4v) is 6.31. The third kappa shape index (κ3) is 35.0. The van der Waals surface area contributed by atoms with Crippen molar-refractivity contribution in [3.8, 4) is 0 Å². The minimum absolute atomic E-state index is 0.155. The molecule has 0 aromatic heterocycles. The molecule has 0 heterocycles. The Morgan fingerprint density at radius 1 is 0.588 bits per heavy atom. The van der Waals surface area contributed by atoms with Gasteiger partial charge < -0.3 is 25.2 Å². The van der Waals surface area contributed by atoms with Crippen LogP contribution in [-0.4, -0.2) is 59.9 Å². The number of phosphoric acid groups is 1. The zero-order valence-electron chi connectivity index (χ0n) is 32.2. The van der Waals surface area contributed by atoms with E-state index < -0.39 is 51.1 Å². The Balaban J connectivity index is 4.41. The van der Waals surface area contributed by atoms with E-state index in [9.17, 15) is 23.8 Å². The number of aliphatic carboxylic acids is 1. The number of carboxylic acid groups (broad SMARTS) is 1. The van der Waals surface area contributed by atoms with Gasteiger partial charge >= 0.3 is 25.7 Å². The van der Waals surface area contributed by atoms with Gasteiger partial charge in [0, 0.05) is 12.8 Å². The molecule has 11 nitrogen and oxygen atoms in total. The molecule has 0 saturated carbocycles. The van der Waals surface area contributed by atoms with Crippen LogP contribution in [0.1, 0.15) is 187 Å². The summed E-state index contributed by atoms with van der Waals surface area (Å²) < 4.78 is 32.6. The first-order valence-electron chi connectivity index (χ1n) is 20.2. The van der Waals surface area contributed by atoms with Gasteiger partial charge in [0.25, 0.3) is 0 Å². The summed E-state index contributed by atoms with van der Waals surface area (Å²) in [6.07, 6.45) is 32.7. The summed E-state index contributed by atoms with van der Waals surface area (Å²) in [6, 6.07) is -1.52. The Bertz CT molecular complexity index is 932. The van der Waals surface area contributed by atoms with Gasteiger partial charge in [0.05, 0.1) is 13.2 Å². The number of hydrogen-bond donors (Lipinski definition) is 3. The van der Waals surface area contributed by atoms with Crippen LogP contribution in [0.5, 0.6) is 0 Å². The number of esters is 2. The monoisotopic (exact) mass is 748 g/mol. The van der Waals surface area contributed by atoms with Crippen LogP contribution in [0.2, 0.25) is 0 Å². The fraction of sp³-hybridized carbons (Fsp3) is 0.872. The second kappa shape index (κ2) is 35.3. The number of nitrogens with two attached hydrogens (primary N) is 1. The molecule has 0 aliphatic carbocycles. The van der Waals surface area contributed by atoms with Crippen LogP contribution in [0.25, 0.3) is 0 Å². The maximum absolute atomic E-state index is 12.6. The van der Waals surface area contributed by atoms with Gasteiger partial charge in [0.2, 0.25) is 0 Å². The van der Waals surface area contributed by atoms with Crippen molar-refractivity contribution >= 4 is 25.7 Å². The van der Waals surface area contributed by atoms with Crippen molar-refractivity contribution in [3.05, 3.63) is 12.2 Å². The summed E-state index contributed by atoms with van der Waals surface area (Å²) >= 11 is 0. The lowest BCUT2D eigenvalue weighted by Gasteiger charge is -2.20. The van der Waals surface area contributed by atoms with Gasteiger partial charge in [0.15, 0.2) is 6.10 Å². The third-order valence-electron chi connectivity index (χ3n) is 8.76. The molecule has 0 saturated heterocycles. The van der Waals surface area contributed by atoms with Crippen molar-refractivity contribution in [2.75, 3.05) is 19.8 Å². The van der Waals surface area contributed by atoms with Gasteiger partial charge in [0.1, 0.15) is 12.6 Å². The van der Waals surface area contributed by atoms with Crippen LogP contribution in [0, 0.1) is 0 Å². The van der Waals surface area contributed by atoms with Crippen molar-refractivity contribution in [1.82, 2.24) is 0 Å². The molecular weight excluding hydrogens is 673 g/mol. The molecule has 12 heteroatoms. The molecule has 3 atom stereocenters. The Labute approximate surface area is 309 Å². The quantitative estimate of drug-likeness (QED) is 0.0237. The number of allylic oxidation sites excluding steroid dienone is 2. The van der Waals surface area contributed by atoms with Crippen molar-refractivity contribution in [2.24, 2.45) is 5.73 Å². The molecule has 300 valence electrons. The molecule has 0 aromatic rings. The van der Waals surface area contributed by atoms with E-state index >= 15 is 0 Å². The van der Waals surface area contributed by atoms with Gasteiger partial charge in [-0.25, -0.2) is 4.57 Å². The van der Waals surface area contributed by atoms with Gasteiger partial charge in [-0.3, -0.25) is 23.4 Å². The summed E-state index contributed by atoms with van der Waals surface area (Å²) in [5.41, 5.74) is 5.32. The number of phosphoric ester groups is 1. The highest BCUT2D eigenvalue weighted by Gasteiger charge is 2.28. The van der Waals surface area contributed by atoms with Gasteiger partial charge in [-0.1, -0.05) is 148 Å². The van der Waals surface area contributed by atoms with E-state index in [2.05, 4.69) is 30.5 Å². The first kappa shape index (κ1) is 49.2. The first-order chi connectivity index (χ1) is 24.6. The predicted molar refractivity (Wildman–Crippen MR) is 203 cm³/mol. The van der Waals surface area contributed by atoms with Crippen molar-refractivity contribution in [2.45, 2.75) is 199 Å². The number of hydrogen-bond acceptors (Lipinski definition) is 9. The van der Waals surface area contributed by atoms with Gasteiger partial charge in [-0.05, 0) is 38.5 Å². The summed E-state index contributed by atoms with van der Waals surface area (Å²) in [6.45, 7) is 2.78. The second-order valence-corrected chi connectivity index (χ2v) is 15.2. The van der Waals surface area contributed by atoms with Crippen LogP contribution >= 0.6 is 7.82 Å². The molecule has 0 aromatic carbocycles. The van der Waals surface area contributed by atoms with Crippen LogP contribution in [0.4, 0.5) is 0 Å². The highest BCUT2D eigenvalue weighted by molar-refractivity contribution is 7.47. The van der Waals surface area contributed by atoms with Crippen LogP contribution < -0.4 is 5.73 Å². The maximum Gasteiger partial charge on any atom is 0.472 e. The van der Waals surface area contributed by atoms with Gasteiger partial charge in [-0.2, -0.15) is 0 Å². The third-order valence-corrected chi connectivity index (χ3v) is 9.71. The van der Waals surface area contributed by atoms with Crippen molar-refractivity contribution < 1.29 is 47.5 Å². The minimum atomic E-state index is -4.71. The average molecular weight is 748 g/mol. The van der Waals surface area contributed by atoms with E-state index in [4.69, 9.17) is 24.8 Å². The normalized spacial score (nSPS) is 14.0. The Kier molecular flexibility index (Phi) is 34.0. The molecule has 4 N–H and O–H groups in total. The first-order valence-corrected chi connectivity index (χ1v) is 21.7. The minimum Gasteiger partial charge on any atom is -0.480 e. The molecule has 1 unspecified atom stereocenters. The molecular formula is C39H74NO10P. The molecule has 0 spiro atoms. The van der Waals surface area contributed by atoms with E-state index in [0.717, 1.165) is 57.8 Å². The van der Waals surface area contributed by atoms with Gasteiger partial charge in [-0.15, -0.1) is 0 Å². The maximum atomic E-state index is 12.6. The average Bonchev–Trinajstić information content (AvgIpc) is 3.10. The van der Waals surface area contributed by atoms with E-state index in [0.29, 0.717) is 12.8 Å².